The summed E-state index contributed by atoms with van der Waals surface area (Å²) in [7, 11) is -4.07. The number of nitrogens with two attached hydrogens (primary N) is 1. The molecule has 7 heteroatoms. The fraction of sp³-hybridized carbons (Fsp3) is 0. The van der Waals surface area contributed by atoms with E-state index >= 15 is 0 Å². The molecule has 3 N–H and O–H groups in total. The SMILES string of the molecule is N#Cc1ccccc1NS(=O)(=O)c1cccc(F)c1N. The Balaban J connectivity index is 2.47. The average Bonchev–Trinajstić information content (AvgIpc) is 2.42. The molecule has 0 spiro atoms. The minimum atomic E-state index is -4.07. The highest BCUT2D eigenvalue weighted by Crippen LogP contribution is 2.24. The largest absolute Gasteiger partial charge is 0.395 e. The summed E-state index contributed by atoms with van der Waals surface area (Å²) in [4.78, 5) is -0.370. The van der Waals surface area contributed by atoms with Gasteiger partial charge in [-0.15, -0.1) is 0 Å². The van der Waals surface area contributed by atoms with Gasteiger partial charge in [0.25, 0.3) is 10.0 Å². The van der Waals surface area contributed by atoms with E-state index in [4.69, 9.17) is 11.0 Å². The summed E-state index contributed by atoms with van der Waals surface area (Å²) in [5.74, 6) is -0.818. The van der Waals surface area contributed by atoms with E-state index in [9.17, 15) is 12.8 Å². The Labute approximate surface area is 115 Å². The Morgan fingerprint density at radius 2 is 1.85 bits per heavy atom. The third kappa shape index (κ3) is 2.55. The Hall–Kier alpha value is -2.59. The second-order valence-electron chi connectivity index (χ2n) is 3.91. The van der Waals surface area contributed by atoms with Crippen molar-refractivity contribution in [2.45, 2.75) is 4.90 Å². The number of hydrogen-bond donors (Lipinski definition) is 2. The number of nitriles is 1. The van der Waals surface area contributed by atoms with Crippen molar-refractivity contribution < 1.29 is 12.8 Å². The van der Waals surface area contributed by atoms with Crippen molar-refractivity contribution in [1.29, 1.82) is 5.26 Å². The first kappa shape index (κ1) is 13.8. The second kappa shape index (κ2) is 5.19. The maximum Gasteiger partial charge on any atom is 0.264 e. The number of para-hydroxylation sites is 2. The normalized spacial score (nSPS) is 10.8. The lowest BCUT2D eigenvalue weighted by molar-refractivity contribution is 0.597. The first-order valence-electron chi connectivity index (χ1n) is 5.51. The molecule has 20 heavy (non-hydrogen) atoms. The summed E-state index contributed by atoms with van der Waals surface area (Å²) in [6, 6.07) is 11.4. The molecule has 2 aromatic carbocycles. The first-order chi connectivity index (χ1) is 9.45. The van der Waals surface area contributed by atoms with Gasteiger partial charge in [0, 0.05) is 0 Å². The van der Waals surface area contributed by atoms with Gasteiger partial charge in [0.1, 0.15) is 16.8 Å². The van der Waals surface area contributed by atoms with Gasteiger partial charge < -0.3 is 5.73 Å². The zero-order valence-electron chi connectivity index (χ0n) is 10.2. The van der Waals surface area contributed by atoms with Crippen LogP contribution in [-0.2, 0) is 10.0 Å². The maximum atomic E-state index is 13.3. The molecule has 2 rings (SSSR count). The van der Waals surface area contributed by atoms with Gasteiger partial charge in [0.05, 0.1) is 16.9 Å². The van der Waals surface area contributed by atoms with E-state index in [1.54, 1.807) is 12.1 Å². The number of halogens is 1. The molecule has 0 radical (unpaired) electrons. The van der Waals surface area contributed by atoms with E-state index in [-0.39, 0.29) is 16.1 Å². The second-order valence-corrected chi connectivity index (χ2v) is 5.57. The molecule has 0 unspecified atom stereocenters. The fourth-order valence-electron chi connectivity index (χ4n) is 1.62. The van der Waals surface area contributed by atoms with Crippen molar-refractivity contribution >= 4 is 21.4 Å². The topological polar surface area (TPSA) is 96.0 Å². The van der Waals surface area contributed by atoms with Crippen molar-refractivity contribution in [2.24, 2.45) is 0 Å². The Kier molecular flexibility index (Phi) is 3.59. The van der Waals surface area contributed by atoms with Gasteiger partial charge in [-0.1, -0.05) is 18.2 Å². The van der Waals surface area contributed by atoms with Crippen LogP contribution in [0, 0.1) is 17.1 Å². The summed E-state index contributed by atoms with van der Waals surface area (Å²) in [5.41, 5.74) is 5.24. The van der Waals surface area contributed by atoms with Crippen LogP contribution in [0.3, 0.4) is 0 Å². The molecule has 2 aromatic rings. The average molecular weight is 291 g/mol. The van der Waals surface area contributed by atoms with Crippen LogP contribution in [0.2, 0.25) is 0 Å². The molecule has 0 aliphatic heterocycles. The van der Waals surface area contributed by atoms with E-state index in [1.165, 1.54) is 24.3 Å². The van der Waals surface area contributed by atoms with Crippen LogP contribution >= 0.6 is 0 Å². The Morgan fingerprint density at radius 3 is 2.55 bits per heavy atom. The first-order valence-corrected chi connectivity index (χ1v) is 7.00. The highest BCUT2D eigenvalue weighted by Gasteiger charge is 2.20. The van der Waals surface area contributed by atoms with Crippen molar-refractivity contribution in [3.05, 3.63) is 53.8 Å². The van der Waals surface area contributed by atoms with Crippen LogP contribution in [0.4, 0.5) is 15.8 Å². The van der Waals surface area contributed by atoms with Gasteiger partial charge in [-0.2, -0.15) is 5.26 Å². The predicted molar refractivity (Wildman–Crippen MR) is 72.8 cm³/mol. The lowest BCUT2D eigenvalue weighted by Crippen LogP contribution is -2.16. The van der Waals surface area contributed by atoms with Crippen LogP contribution in [0.15, 0.2) is 47.4 Å². The number of nitrogen functional groups attached to an aromatic ring is 1. The van der Waals surface area contributed by atoms with Gasteiger partial charge in [-0.3, -0.25) is 4.72 Å². The molecule has 0 aromatic heterocycles. The summed E-state index contributed by atoms with van der Waals surface area (Å²) in [6.07, 6.45) is 0. The molecule has 0 saturated carbocycles. The number of rotatable bonds is 3. The number of nitrogens with one attached hydrogen (secondary N) is 1. The predicted octanol–water partition coefficient (Wildman–Crippen LogP) is 2.08. The van der Waals surface area contributed by atoms with Crippen LogP contribution < -0.4 is 10.5 Å². The van der Waals surface area contributed by atoms with Gasteiger partial charge >= 0.3 is 0 Å². The fourth-order valence-corrected chi connectivity index (χ4v) is 2.84. The quantitative estimate of drug-likeness (QED) is 0.846. The summed E-state index contributed by atoms with van der Waals surface area (Å²) < 4.78 is 39.9. The molecule has 0 atom stereocenters. The Morgan fingerprint density at radius 1 is 1.15 bits per heavy atom. The molecular formula is C13H10FN3O2S. The summed E-state index contributed by atoms with van der Waals surface area (Å²) in [5, 5.41) is 8.92. The minimum Gasteiger partial charge on any atom is -0.395 e. The molecule has 0 fully saturated rings. The van der Waals surface area contributed by atoms with Gasteiger partial charge in [0.15, 0.2) is 0 Å². The van der Waals surface area contributed by atoms with Crippen LogP contribution in [-0.4, -0.2) is 8.42 Å². The van der Waals surface area contributed by atoms with E-state index < -0.39 is 21.5 Å². The highest BCUT2D eigenvalue weighted by atomic mass is 32.2. The van der Waals surface area contributed by atoms with Gasteiger partial charge in [0.2, 0.25) is 0 Å². The van der Waals surface area contributed by atoms with E-state index in [2.05, 4.69) is 4.72 Å². The third-order valence-electron chi connectivity index (χ3n) is 2.59. The number of hydrogen-bond acceptors (Lipinski definition) is 4. The molecule has 0 heterocycles. The molecular weight excluding hydrogens is 281 g/mol. The minimum absolute atomic E-state index is 0.110. The van der Waals surface area contributed by atoms with E-state index in [0.717, 1.165) is 6.07 Å². The molecule has 0 saturated heterocycles. The van der Waals surface area contributed by atoms with E-state index in [0.29, 0.717) is 0 Å². The van der Waals surface area contributed by atoms with Crippen molar-refractivity contribution in [2.75, 3.05) is 10.5 Å². The zero-order valence-corrected chi connectivity index (χ0v) is 11.0. The summed E-state index contributed by atoms with van der Waals surface area (Å²) in [6.45, 7) is 0. The molecule has 0 bridgehead atoms. The van der Waals surface area contributed by atoms with E-state index in [1.807, 2.05) is 6.07 Å². The summed E-state index contributed by atoms with van der Waals surface area (Å²) >= 11 is 0. The van der Waals surface area contributed by atoms with Crippen LogP contribution in [0.25, 0.3) is 0 Å². The van der Waals surface area contributed by atoms with Gasteiger partial charge in [-0.25, -0.2) is 12.8 Å². The van der Waals surface area contributed by atoms with Crippen LogP contribution in [0.1, 0.15) is 5.56 Å². The zero-order chi connectivity index (χ0) is 14.8. The van der Waals surface area contributed by atoms with Crippen molar-refractivity contribution in [3.63, 3.8) is 0 Å². The Bertz CT molecular complexity index is 798. The number of sulfonamides is 1. The molecule has 102 valence electrons. The maximum absolute atomic E-state index is 13.3. The molecule has 0 amide bonds. The number of anilines is 2. The highest BCUT2D eigenvalue weighted by molar-refractivity contribution is 7.92. The smallest absolute Gasteiger partial charge is 0.264 e. The third-order valence-corrected chi connectivity index (χ3v) is 4.02. The molecule has 0 aliphatic rings. The number of nitrogens with zero attached hydrogens (tertiary/aromatic N) is 1. The number of benzene rings is 2. The lowest BCUT2D eigenvalue weighted by Gasteiger charge is -2.11. The van der Waals surface area contributed by atoms with Crippen molar-refractivity contribution in [3.8, 4) is 6.07 Å². The monoisotopic (exact) mass is 291 g/mol. The lowest BCUT2D eigenvalue weighted by atomic mass is 10.2. The van der Waals surface area contributed by atoms with Crippen LogP contribution in [0.5, 0.6) is 0 Å². The molecule has 0 aliphatic carbocycles. The standard InChI is InChI=1S/C13H10FN3O2S/c14-10-5-3-7-12(13(10)16)20(18,19)17-11-6-2-1-4-9(11)8-15/h1-7,17H,16H2. The van der Waals surface area contributed by atoms with Crippen molar-refractivity contribution in [1.82, 2.24) is 0 Å². The molecule has 5 nitrogen and oxygen atoms in total. The van der Waals surface area contributed by atoms with Gasteiger partial charge in [-0.05, 0) is 24.3 Å².